The smallest absolute Gasteiger partial charge is 0.182 e. The van der Waals surface area contributed by atoms with Crippen molar-refractivity contribution in [2.24, 2.45) is 0 Å². The van der Waals surface area contributed by atoms with Crippen molar-refractivity contribution in [3.05, 3.63) is 65.9 Å². The normalized spacial score (nSPS) is 11.0. The fourth-order valence-corrected chi connectivity index (χ4v) is 3.01. The van der Waals surface area contributed by atoms with Gasteiger partial charge in [0.05, 0.1) is 18.7 Å². The van der Waals surface area contributed by atoms with Crippen LogP contribution in [0.4, 0.5) is 5.82 Å². The van der Waals surface area contributed by atoms with Gasteiger partial charge in [-0.1, -0.05) is 30.3 Å². The first kappa shape index (κ1) is 17.0. The summed E-state index contributed by atoms with van der Waals surface area (Å²) in [6, 6.07) is 16.2. The highest BCUT2D eigenvalue weighted by Gasteiger charge is 2.15. The third kappa shape index (κ3) is 3.33. The van der Waals surface area contributed by atoms with Gasteiger partial charge < -0.3 is 10.5 Å². The largest absolute Gasteiger partial charge is 0.494 e. The molecule has 0 aliphatic heterocycles. The van der Waals surface area contributed by atoms with Crippen molar-refractivity contribution in [2.75, 3.05) is 12.3 Å². The van der Waals surface area contributed by atoms with Crippen molar-refractivity contribution >= 4 is 16.7 Å². The summed E-state index contributed by atoms with van der Waals surface area (Å²) in [5.74, 6) is 1.89. The first-order valence-corrected chi connectivity index (χ1v) is 8.92. The van der Waals surface area contributed by atoms with Crippen LogP contribution in [-0.4, -0.2) is 26.4 Å². The number of anilines is 1. The number of para-hydroxylation sites is 1. The number of nitrogen functional groups attached to an aromatic ring is 1. The van der Waals surface area contributed by atoms with Crippen LogP contribution >= 0.6 is 0 Å². The van der Waals surface area contributed by atoms with Gasteiger partial charge in [-0.2, -0.15) is 5.10 Å². The van der Waals surface area contributed by atoms with Crippen LogP contribution in [-0.2, 0) is 6.54 Å². The maximum atomic E-state index is 5.97. The third-order valence-corrected chi connectivity index (χ3v) is 4.45. The zero-order chi connectivity index (χ0) is 18.8. The Bertz CT molecular complexity index is 1090. The molecule has 0 saturated heterocycles. The Morgan fingerprint density at radius 3 is 2.59 bits per heavy atom. The molecule has 0 spiro atoms. The zero-order valence-corrected chi connectivity index (χ0v) is 15.4. The van der Waals surface area contributed by atoms with Gasteiger partial charge in [0.2, 0.25) is 0 Å². The minimum Gasteiger partial charge on any atom is -0.494 e. The Labute approximate surface area is 157 Å². The molecule has 136 valence electrons. The van der Waals surface area contributed by atoms with Gasteiger partial charge in [-0.3, -0.25) is 4.68 Å². The lowest BCUT2D eigenvalue weighted by Crippen LogP contribution is -2.03. The molecule has 2 aromatic heterocycles. The quantitative estimate of drug-likeness (QED) is 0.586. The summed E-state index contributed by atoms with van der Waals surface area (Å²) in [5, 5.41) is 5.80. The van der Waals surface area contributed by atoms with Crippen LogP contribution in [0.15, 0.2) is 54.7 Å². The Hall–Kier alpha value is -3.41. The third-order valence-electron chi connectivity index (χ3n) is 4.45. The summed E-state index contributed by atoms with van der Waals surface area (Å²) in [6.45, 7) is 5.17. The number of hydrogen-bond donors (Lipinski definition) is 1. The molecule has 0 radical (unpaired) electrons. The summed E-state index contributed by atoms with van der Waals surface area (Å²) in [7, 11) is 0. The Morgan fingerprint density at radius 1 is 1.07 bits per heavy atom. The van der Waals surface area contributed by atoms with Crippen LogP contribution in [0.25, 0.3) is 22.4 Å². The van der Waals surface area contributed by atoms with Gasteiger partial charge in [-0.05, 0) is 37.6 Å². The molecule has 4 rings (SSSR count). The molecular weight excluding hydrogens is 338 g/mol. The zero-order valence-electron chi connectivity index (χ0n) is 15.4. The SMILES string of the molecule is CCOc1ccc(Cn2nc(-c3ncc(C)c(N)n3)c3ccccc32)cc1. The first-order chi connectivity index (χ1) is 13.2. The minimum absolute atomic E-state index is 0.477. The van der Waals surface area contributed by atoms with E-state index in [0.717, 1.165) is 33.5 Å². The van der Waals surface area contributed by atoms with Gasteiger partial charge in [0.25, 0.3) is 0 Å². The Kier molecular flexibility index (Phi) is 4.46. The number of ether oxygens (including phenoxy) is 1. The highest BCUT2D eigenvalue weighted by Crippen LogP contribution is 2.27. The predicted molar refractivity (Wildman–Crippen MR) is 107 cm³/mol. The van der Waals surface area contributed by atoms with E-state index in [1.54, 1.807) is 6.20 Å². The van der Waals surface area contributed by atoms with E-state index >= 15 is 0 Å². The molecule has 0 saturated carbocycles. The van der Waals surface area contributed by atoms with Crippen molar-refractivity contribution in [2.45, 2.75) is 20.4 Å². The molecule has 2 heterocycles. The number of rotatable bonds is 5. The first-order valence-electron chi connectivity index (χ1n) is 8.92. The number of nitrogens with two attached hydrogens (primary N) is 1. The number of fused-ring (bicyclic) bond motifs is 1. The van der Waals surface area contributed by atoms with Gasteiger partial charge in [0, 0.05) is 17.1 Å². The molecule has 0 aliphatic rings. The van der Waals surface area contributed by atoms with Crippen molar-refractivity contribution in [3.63, 3.8) is 0 Å². The van der Waals surface area contributed by atoms with Crippen LogP contribution in [0.3, 0.4) is 0 Å². The number of benzene rings is 2. The average molecular weight is 359 g/mol. The summed E-state index contributed by atoms with van der Waals surface area (Å²) in [5.41, 5.74) is 9.74. The van der Waals surface area contributed by atoms with E-state index in [9.17, 15) is 0 Å². The maximum absolute atomic E-state index is 5.97. The van der Waals surface area contributed by atoms with Gasteiger partial charge in [-0.15, -0.1) is 0 Å². The second kappa shape index (κ2) is 7.07. The van der Waals surface area contributed by atoms with Crippen LogP contribution in [0.1, 0.15) is 18.1 Å². The van der Waals surface area contributed by atoms with Crippen LogP contribution in [0, 0.1) is 6.92 Å². The lowest BCUT2D eigenvalue weighted by molar-refractivity contribution is 0.340. The van der Waals surface area contributed by atoms with Crippen molar-refractivity contribution < 1.29 is 4.74 Å². The van der Waals surface area contributed by atoms with E-state index < -0.39 is 0 Å². The molecule has 2 N–H and O–H groups in total. The van der Waals surface area contributed by atoms with E-state index in [-0.39, 0.29) is 0 Å². The number of aryl methyl sites for hydroxylation is 1. The van der Waals surface area contributed by atoms with Gasteiger partial charge in [0.15, 0.2) is 5.82 Å². The van der Waals surface area contributed by atoms with Gasteiger partial charge in [0.1, 0.15) is 17.3 Å². The summed E-state index contributed by atoms with van der Waals surface area (Å²) >= 11 is 0. The summed E-state index contributed by atoms with van der Waals surface area (Å²) in [6.07, 6.45) is 1.73. The molecule has 0 unspecified atom stereocenters. The molecular formula is C21H21N5O. The molecule has 2 aromatic carbocycles. The monoisotopic (exact) mass is 359 g/mol. The van der Waals surface area contributed by atoms with Gasteiger partial charge in [-0.25, -0.2) is 9.97 Å². The molecule has 0 amide bonds. The van der Waals surface area contributed by atoms with E-state index in [2.05, 4.69) is 28.2 Å². The molecule has 0 aliphatic carbocycles. The van der Waals surface area contributed by atoms with Crippen molar-refractivity contribution in [1.29, 1.82) is 0 Å². The van der Waals surface area contributed by atoms with Gasteiger partial charge >= 0.3 is 0 Å². The van der Waals surface area contributed by atoms with Crippen molar-refractivity contribution in [1.82, 2.24) is 19.7 Å². The second-order valence-electron chi connectivity index (χ2n) is 6.36. The molecule has 27 heavy (non-hydrogen) atoms. The van der Waals surface area contributed by atoms with Crippen molar-refractivity contribution in [3.8, 4) is 17.3 Å². The standard InChI is InChI=1S/C21H21N5O/c1-3-27-16-10-8-15(9-11-16)13-26-18-7-5-4-6-17(18)19(25-26)21-23-12-14(2)20(22)24-21/h4-12H,3,13H2,1-2H3,(H2,22,23,24). The predicted octanol–water partition coefficient (Wildman–Crippen LogP) is 3.83. The lowest BCUT2D eigenvalue weighted by atomic mass is 10.2. The molecule has 0 bridgehead atoms. The number of nitrogens with zero attached hydrogens (tertiary/aromatic N) is 4. The molecule has 4 aromatic rings. The molecule has 6 heteroatoms. The average Bonchev–Trinajstić information content (AvgIpc) is 3.04. The van der Waals surface area contributed by atoms with E-state index in [1.807, 2.05) is 48.9 Å². The molecule has 6 nitrogen and oxygen atoms in total. The van der Waals surface area contributed by atoms with E-state index in [1.165, 1.54) is 0 Å². The Morgan fingerprint density at radius 2 is 1.85 bits per heavy atom. The maximum Gasteiger partial charge on any atom is 0.182 e. The van der Waals surface area contributed by atoms with E-state index in [0.29, 0.717) is 24.8 Å². The van der Waals surface area contributed by atoms with Crippen LogP contribution < -0.4 is 10.5 Å². The molecule has 0 fully saturated rings. The summed E-state index contributed by atoms with van der Waals surface area (Å²) in [4.78, 5) is 8.85. The highest BCUT2D eigenvalue weighted by molar-refractivity contribution is 5.91. The topological polar surface area (TPSA) is 78.8 Å². The van der Waals surface area contributed by atoms with Crippen LogP contribution in [0.2, 0.25) is 0 Å². The number of aromatic nitrogens is 4. The minimum atomic E-state index is 0.477. The fourth-order valence-electron chi connectivity index (χ4n) is 3.01. The van der Waals surface area contributed by atoms with Crippen LogP contribution in [0.5, 0.6) is 5.75 Å². The molecule has 0 atom stereocenters. The number of hydrogen-bond acceptors (Lipinski definition) is 5. The Balaban J connectivity index is 1.74. The lowest BCUT2D eigenvalue weighted by Gasteiger charge is -2.06. The summed E-state index contributed by atoms with van der Waals surface area (Å²) < 4.78 is 7.49. The van der Waals surface area contributed by atoms with E-state index in [4.69, 9.17) is 15.6 Å². The second-order valence-corrected chi connectivity index (χ2v) is 6.36. The highest BCUT2D eigenvalue weighted by atomic mass is 16.5. The fraction of sp³-hybridized carbons (Fsp3) is 0.190.